The Morgan fingerprint density at radius 3 is 2.70 bits per heavy atom. The van der Waals surface area contributed by atoms with Gasteiger partial charge in [-0.2, -0.15) is 0 Å². The number of rotatable bonds is 4. The summed E-state index contributed by atoms with van der Waals surface area (Å²) in [6.45, 7) is 4.41. The minimum absolute atomic E-state index is 0.00398. The lowest BCUT2D eigenvalue weighted by atomic mass is 10.0. The Balaban J connectivity index is 1.45. The van der Waals surface area contributed by atoms with E-state index in [1.807, 2.05) is 37.3 Å². The Morgan fingerprint density at radius 2 is 1.93 bits per heavy atom. The minimum Gasteiger partial charge on any atom is -0.493 e. The molecule has 0 unspecified atom stereocenters. The molecule has 0 saturated carbocycles. The van der Waals surface area contributed by atoms with Crippen molar-refractivity contribution in [2.45, 2.75) is 19.8 Å². The molecule has 1 N–H and O–H groups in total. The molecule has 2 aliphatic heterocycles. The second-order valence-corrected chi connectivity index (χ2v) is 7.13. The van der Waals surface area contributed by atoms with Crippen molar-refractivity contribution in [2.75, 3.05) is 26.2 Å². The van der Waals surface area contributed by atoms with Gasteiger partial charge in [0.2, 0.25) is 5.91 Å². The number of hydrogen-bond donors (Lipinski definition) is 1. The summed E-state index contributed by atoms with van der Waals surface area (Å²) in [7, 11) is 0. The first kappa shape index (κ1) is 17.6. The van der Waals surface area contributed by atoms with E-state index in [0.29, 0.717) is 25.2 Å². The third-order valence-corrected chi connectivity index (χ3v) is 5.35. The highest BCUT2D eigenvalue weighted by atomic mass is 16.5. The molecule has 0 spiro atoms. The Kier molecular flexibility index (Phi) is 4.84. The summed E-state index contributed by atoms with van der Waals surface area (Å²) in [5.41, 5.74) is 4.12. The Morgan fingerprint density at radius 1 is 1.15 bits per heavy atom. The van der Waals surface area contributed by atoms with Crippen LogP contribution in [0.4, 0.5) is 0 Å². The third kappa shape index (κ3) is 3.54. The third-order valence-electron chi connectivity index (χ3n) is 5.35. The number of ether oxygens (including phenoxy) is 1. The second-order valence-electron chi connectivity index (χ2n) is 7.13. The fourth-order valence-electron chi connectivity index (χ4n) is 3.83. The maximum Gasteiger partial charge on any atom is 0.253 e. The molecule has 0 bridgehead atoms. The molecule has 4 rings (SSSR count). The van der Waals surface area contributed by atoms with Crippen LogP contribution in [0.15, 0.2) is 42.5 Å². The molecule has 2 aliphatic rings. The molecule has 5 nitrogen and oxygen atoms in total. The number of benzene rings is 2. The summed E-state index contributed by atoms with van der Waals surface area (Å²) < 4.78 is 5.56. The average molecular weight is 364 g/mol. The highest BCUT2D eigenvalue weighted by Crippen LogP contribution is 2.30. The van der Waals surface area contributed by atoms with Gasteiger partial charge in [-0.15, -0.1) is 0 Å². The van der Waals surface area contributed by atoms with Crippen molar-refractivity contribution in [1.82, 2.24) is 10.2 Å². The minimum atomic E-state index is -0.0956. The monoisotopic (exact) mass is 364 g/mol. The summed E-state index contributed by atoms with van der Waals surface area (Å²) in [6, 6.07) is 14.0. The molecule has 1 atom stereocenters. The van der Waals surface area contributed by atoms with Crippen LogP contribution in [0, 0.1) is 5.92 Å². The quantitative estimate of drug-likeness (QED) is 0.908. The average Bonchev–Trinajstić information content (AvgIpc) is 3.36. The molecule has 1 fully saturated rings. The summed E-state index contributed by atoms with van der Waals surface area (Å²) in [6.07, 6.45) is 1.67. The number of nitrogens with zero attached hydrogens (tertiary/aromatic N) is 1. The Bertz CT molecular complexity index is 860. The van der Waals surface area contributed by atoms with Gasteiger partial charge in [-0.3, -0.25) is 9.59 Å². The lowest BCUT2D eigenvalue weighted by Crippen LogP contribution is -2.34. The fraction of sp³-hybridized carbons (Fsp3) is 0.364. The summed E-state index contributed by atoms with van der Waals surface area (Å²) >= 11 is 0. The summed E-state index contributed by atoms with van der Waals surface area (Å²) in [4.78, 5) is 26.5. The highest BCUT2D eigenvalue weighted by Gasteiger charge is 2.31. The van der Waals surface area contributed by atoms with Crippen LogP contribution in [0.2, 0.25) is 0 Å². The first-order valence-electron chi connectivity index (χ1n) is 9.59. The van der Waals surface area contributed by atoms with E-state index >= 15 is 0 Å². The summed E-state index contributed by atoms with van der Waals surface area (Å²) in [5, 5.41) is 2.84. The Hall–Kier alpha value is -2.82. The van der Waals surface area contributed by atoms with Gasteiger partial charge in [-0.05, 0) is 54.3 Å². The van der Waals surface area contributed by atoms with Crippen molar-refractivity contribution >= 4 is 11.8 Å². The maximum atomic E-state index is 12.8. The molecule has 2 heterocycles. The van der Waals surface area contributed by atoms with Crippen molar-refractivity contribution in [3.8, 4) is 16.9 Å². The van der Waals surface area contributed by atoms with E-state index in [0.717, 1.165) is 36.3 Å². The van der Waals surface area contributed by atoms with E-state index < -0.39 is 0 Å². The first-order valence-corrected chi connectivity index (χ1v) is 9.59. The number of carbonyl (C=O) groups excluding carboxylic acids is 2. The molecular formula is C22H24N2O3. The van der Waals surface area contributed by atoms with Crippen LogP contribution in [-0.4, -0.2) is 43.0 Å². The van der Waals surface area contributed by atoms with Gasteiger partial charge in [-0.1, -0.05) is 18.2 Å². The van der Waals surface area contributed by atoms with E-state index in [1.54, 1.807) is 4.90 Å². The number of likely N-dealkylation sites (tertiary alicyclic amines) is 1. The van der Waals surface area contributed by atoms with Crippen molar-refractivity contribution in [3.63, 3.8) is 0 Å². The Labute approximate surface area is 159 Å². The maximum absolute atomic E-state index is 12.8. The van der Waals surface area contributed by atoms with Crippen molar-refractivity contribution in [2.24, 2.45) is 5.92 Å². The molecule has 0 aromatic heterocycles. The number of hydrogen-bond acceptors (Lipinski definition) is 3. The van der Waals surface area contributed by atoms with Crippen LogP contribution in [0.25, 0.3) is 11.1 Å². The number of carbonyl (C=O) groups is 2. The van der Waals surface area contributed by atoms with Crippen LogP contribution in [0.1, 0.15) is 29.3 Å². The van der Waals surface area contributed by atoms with E-state index in [1.165, 1.54) is 5.56 Å². The van der Waals surface area contributed by atoms with Gasteiger partial charge in [-0.25, -0.2) is 0 Å². The molecule has 2 aromatic rings. The molecule has 5 heteroatoms. The van der Waals surface area contributed by atoms with Gasteiger partial charge in [0.1, 0.15) is 5.75 Å². The fourth-order valence-corrected chi connectivity index (χ4v) is 3.83. The molecule has 2 aromatic carbocycles. The highest BCUT2D eigenvalue weighted by molar-refractivity contribution is 5.95. The van der Waals surface area contributed by atoms with E-state index in [9.17, 15) is 9.59 Å². The standard InChI is InChI=1S/C22H24N2O3/c1-2-23-21(25)19-9-11-24(14-19)22(26)16-5-3-15(4-6-16)17-7-8-20-18(13-17)10-12-27-20/h3-8,13,19H,2,9-12,14H2,1H3,(H,23,25)/t19-/m0/s1. The molecule has 0 aliphatic carbocycles. The van der Waals surface area contributed by atoms with Crippen LogP contribution < -0.4 is 10.1 Å². The van der Waals surface area contributed by atoms with Gasteiger partial charge in [0.25, 0.3) is 5.91 Å². The smallest absolute Gasteiger partial charge is 0.253 e. The predicted octanol–water partition coefficient (Wildman–Crippen LogP) is 2.89. The number of amides is 2. The first-order chi connectivity index (χ1) is 13.2. The van der Waals surface area contributed by atoms with Crippen molar-refractivity contribution in [1.29, 1.82) is 0 Å². The van der Waals surface area contributed by atoms with Crippen LogP contribution in [-0.2, 0) is 11.2 Å². The zero-order chi connectivity index (χ0) is 18.8. The van der Waals surface area contributed by atoms with Crippen LogP contribution in [0.5, 0.6) is 5.75 Å². The van der Waals surface area contributed by atoms with Gasteiger partial charge >= 0.3 is 0 Å². The van der Waals surface area contributed by atoms with Gasteiger partial charge < -0.3 is 15.0 Å². The normalized spacial score (nSPS) is 18.1. The molecule has 27 heavy (non-hydrogen) atoms. The molecular weight excluding hydrogens is 340 g/mol. The van der Waals surface area contributed by atoms with Gasteiger partial charge in [0, 0.05) is 31.6 Å². The molecule has 1 saturated heterocycles. The van der Waals surface area contributed by atoms with E-state index in [-0.39, 0.29) is 17.7 Å². The van der Waals surface area contributed by atoms with E-state index in [2.05, 4.69) is 17.4 Å². The molecule has 0 radical (unpaired) electrons. The zero-order valence-electron chi connectivity index (χ0n) is 15.5. The van der Waals surface area contributed by atoms with Crippen LogP contribution >= 0.6 is 0 Å². The van der Waals surface area contributed by atoms with E-state index in [4.69, 9.17) is 4.74 Å². The predicted molar refractivity (Wildman–Crippen MR) is 104 cm³/mol. The van der Waals surface area contributed by atoms with Gasteiger partial charge in [0.15, 0.2) is 0 Å². The largest absolute Gasteiger partial charge is 0.493 e. The van der Waals surface area contributed by atoms with Crippen molar-refractivity contribution in [3.05, 3.63) is 53.6 Å². The zero-order valence-corrected chi connectivity index (χ0v) is 15.5. The second kappa shape index (κ2) is 7.43. The lowest BCUT2D eigenvalue weighted by Gasteiger charge is -2.17. The molecule has 140 valence electrons. The molecule has 2 amide bonds. The van der Waals surface area contributed by atoms with Crippen LogP contribution in [0.3, 0.4) is 0 Å². The topological polar surface area (TPSA) is 58.6 Å². The summed E-state index contributed by atoms with van der Waals surface area (Å²) in [5.74, 6) is 0.919. The van der Waals surface area contributed by atoms with Gasteiger partial charge in [0.05, 0.1) is 12.5 Å². The number of nitrogens with one attached hydrogen (secondary N) is 1. The number of fused-ring (bicyclic) bond motifs is 1. The SMILES string of the molecule is CCNC(=O)[C@H]1CCN(C(=O)c2ccc(-c3ccc4c(c3)CCO4)cc2)C1. The lowest BCUT2D eigenvalue weighted by molar-refractivity contribution is -0.124. The van der Waals surface area contributed by atoms with Crippen molar-refractivity contribution < 1.29 is 14.3 Å².